The minimum atomic E-state index is 0.806. The lowest BCUT2D eigenvalue weighted by atomic mass is 10.1. The van der Waals surface area contributed by atoms with Gasteiger partial charge in [0.1, 0.15) is 0 Å². The normalized spacial score (nSPS) is 10.9. The maximum absolute atomic E-state index is 5.50. The zero-order chi connectivity index (χ0) is 14.4. The second-order valence-corrected chi connectivity index (χ2v) is 5.46. The number of anilines is 1. The molecule has 3 heteroatoms. The molecule has 2 aromatic rings. The van der Waals surface area contributed by atoms with E-state index in [0.717, 1.165) is 30.7 Å². The van der Waals surface area contributed by atoms with Gasteiger partial charge in [-0.2, -0.15) is 0 Å². The highest BCUT2D eigenvalue weighted by Crippen LogP contribution is 2.24. The van der Waals surface area contributed by atoms with Crippen LogP contribution in [0.25, 0.3) is 10.9 Å². The molecule has 0 aliphatic heterocycles. The van der Waals surface area contributed by atoms with Crippen molar-refractivity contribution in [2.75, 3.05) is 18.4 Å². The van der Waals surface area contributed by atoms with Crippen molar-refractivity contribution in [1.29, 1.82) is 0 Å². The molecule has 0 amide bonds. The summed E-state index contributed by atoms with van der Waals surface area (Å²) >= 11 is 0. The molecule has 0 saturated carbocycles. The maximum atomic E-state index is 5.50. The maximum Gasteiger partial charge on any atom is 0.0726 e. The van der Waals surface area contributed by atoms with Crippen molar-refractivity contribution in [3.63, 3.8) is 0 Å². The number of unbranched alkanes of at least 4 members (excludes halogenated alkanes) is 3. The number of pyridine rings is 1. The Kier molecular flexibility index (Phi) is 5.36. The van der Waals surface area contributed by atoms with Crippen molar-refractivity contribution in [1.82, 2.24) is 4.98 Å². The van der Waals surface area contributed by atoms with Gasteiger partial charge in [-0.25, -0.2) is 0 Å². The van der Waals surface area contributed by atoms with Crippen molar-refractivity contribution >= 4 is 16.6 Å². The van der Waals surface area contributed by atoms with Gasteiger partial charge in [0, 0.05) is 23.3 Å². The molecule has 2 rings (SSSR count). The minimum absolute atomic E-state index is 0.806. The molecule has 1 aromatic carbocycles. The van der Waals surface area contributed by atoms with E-state index >= 15 is 0 Å². The third-order valence-electron chi connectivity index (χ3n) is 3.54. The average Bonchev–Trinajstić information content (AvgIpc) is 2.43. The van der Waals surface area contributed by atoms with Crippen LogP contribution in [-0.4, -0.2) is 18.1 Å². The molecule has 3 N–H and O–H groups in total. The molecular formula is C17H25N3. The van der Waals surface area contributed by atoms with Crippen LogP contribution in [0.15, 0.2) is 24.3 Å². The Morgan fingerprint density at radius 3 is 2.65 bits per heavy atom. The second-order valence-electron chi connectivity index (χ2n) is 5.46. The summed E-state index contributed by atoms with van der Waals surface area (Å²) in [7, 11) is 0. The molecule has 20 heavy (non-hydrogen) atoms. The van der Waals surface area contributed by atoms with Crippen LogP contribution in [0.3, 0.4) is 0 Å². The molecule has 0 saturated heterocycles. The van der Waals surface area contributed by atoms with Crippen molar-refractivity contribution in [2.45, 2.75) is 39.5 Å². The molecule has 1 heterocycles. The molecule has 0 spiro atoms. The molecule has 108 valence electrons. The van der Waals surface area contributed by atoms with Crippen molar-refractivity contribution in [2.24, 2.45) is 5.73 Å². The molecule has 0 radical (unpaired) electrons. The molecule has 0 aliphatic rings. The van der Waals surface area contributed by atoms with Crippen LogP contribution in [0.1, 0.15) is 36.9 Å². The highest BCUT2D eigenvalue weighted by molar-refractivity contribution is 5.91. The lowest BCUT2D eigenvalue weighted by Crippen LogP contribution is -2.04. The Labute approximate surface area is 121 Å². The van der Waals surface area contributed by atoms with E-state index in [1.807, 2.05) is 6.92 Å². The molecular weight excluding hydrogens is 246 g/mol. The number of hydrogen-bond donors (Lipinski definition) is 2. The summed E-state index contributed by atoms with van der Waals surface area (Å²) < 4.78 is 0. The highest BCUT2D eigenvalue weighted by atomic mass is 14.9. The van der Waals surface area contributed by atoms with Gasteiger partial charge in [-0.05, 0) is 51.4 Å². The zero-order valence-corrected chi connectivity index (χ0v) is 12.6. The van der Waals surface area contributed by atoms with Crippen LogP contribution in [0.4, 0.5) is 5.69 Å². The third kappa shape index (κ3) is 3.94. The van der Waals surface area contributed by atoms with E-state index in [0.29, 0.717) is 0 Å². The Morgan fingerprint density at radius 2 is 1.85 bits per heavy atom. The van der Waals surface area contributed by atoms with E-state index in [4.69, 9.17) is 5.73 Å². The van der Waals surface area contributed by atoms with E-state index in [1.165, 1.54) is 35.9 Å². The molecule has 0 unspecified atom stereocenters. The Morgan fingerprint density at radius 1 is 1.05 bits per heavy atom. The third-order valence-corrected chi connectivity index (χ3v) is 3.54. The summed E-state index contributed by atoms with van der Waals surface area (Å²) in [4.78, 5) is 4.59. The SMILES string of the molecule is Cc1ccc2nc(C)cc(NCCCCCCN)c2c1. The van der Waals surface area contributed by atoms with Crippen molar-refractivity contribution < 1.29 is 0 Å². The first-order valence-electron chi connectivity index (χ1n) is 7.52. The predicted molar refractivity (Wildman–Crippen MR) is 87.2 cm³/mol. The van der Waals surface area contributed by atoms with Gasteiger partial charge in [0.25, 0.3) is 0 Å². The highest BCUT2D eigenvalue weighted by Gasteiger charge is 2.04. The lowest BCUT2D eigenvalue weighted by molar-refractivity contribution is 0.661. The van der Waals surface area contributed by atoms with Gasteiger partial charge >= 0.3 is 0 Å². The van der Waals surface area contributed by atoms with Crippen LogP contribution in [0.5, 0.6) is 0 Å². The van der Waals surface area contributed by atoms with Gasteiger partial charge in [0.15, 0.2) is 0 Å². The summed E-state index contributed by atoms with van der Waals surface area (Å²) in [5.41, 5.74) is 10.1. The number of fused-ring (bicyclic) bond motifs is 1. The summed E-state index contributed by atoms with van der Waals surface area (Å²) in [5.74, 6) is 0. The number of aryl methyl sites for hydroxylation is 2. The molecule has 0 aliphatic carbocycles. The number of rotatable bonds is 7. The average molecular weight is 271 g/mol. The quantitative estimate of drug-likeness (QED) is 0.753. The smallest absolute Gasteiger partial charge is 0.0726 e. The standard InChI is InChI=1S/C17H25N3/c1-13-7-8-16-15(11-13)17(12-14(2)20-16)19-10-6-4-3-5-9-18/h7-8,11-12H,3-6,9-10,18H2,1-2H3,(H,19,20). The van der Waals surface area contributed by atoms with Crippen molar-refractivity contribution in [3.8, 4) is 0 Å². The topological polar surface area (TPSA) is 50.9 Å². The minimum Gasteiger partial charge on any atom is -0.384 e. The van der Waals surface area contributed by atoms with Gasteiger partial charge in [-0.1, -0.05) is 24.5 Å². The number of benzene rings is 1. The van der Waals surface area contributed by atoms with Crippen LogP contribution in [0.2, 0.25) is 0 Å². The summed E-state index contributed by atoms with van der Waals surface area (Å²) in [5, 5.41) is 4.78. The summed E-state index contributed by atoms with van der Waals surface area (Å²) in [6, 6.07) is 8.57. The molecule has 0 atom stereocenters. The zero-order valence-electron chi connectivity index (χ0n) is 12.6. The number of aromatic nitrogens is 1. The first-order valence-corrected chi connectivity index (χ1v) is 7.52. The number of hydrogen-bond acceptors (Lipinski definition) is 3. The van der Waals surface area contributed by atoms with E-state index in [1.54, 1.807) is 0 Å². The van der Waals surface area contributed by atoms with E-state index < -0.39 is 0 Å². The summed E-state index contributed by atoms with van der Waals surface area (Å²) in [6.45, 7) is 5.99. The van der Waals surface area contributed by atoms with E-state index in [9.17, 15) is 0 Å². The monoisotopic (exact) mass is 271 g/mol. The number of nitrogens with zero attached hydrogens (tertiary/aromatic N) is 1. The van der Waals surface area contributed by atoms with Crippen LogP contribution < -0.4 is 11.1 Å². The van der Waals surface area contributed by atoms with Gasteiger partial charge < -0.3 is 11.1 Å². The predicted octanol–water partition coefficient (Wildman–Crippen LogP) is 3.78. The lowest BCUT2D eigenvalue weighted by Gasteiger charge is -2.11. The van der Waals surface area contributed by atoms with Gasteiger partial charge in [-0.15, -0.1) is 0 Å². The van der Waals surface area contributed by atoms with Crippen LogP contribution in [0, 0.1) is 13.8 Å². The summed E-state index contributed by atoms with van der Waals surface area (Å²) in [6.07, 6.45) is 4.80. The molecule has 3 nitrogen and oxygen atoms in total. The Hall–Kier alpha value is -1.61. The van der Waals surface area contributed by atoms with Gasteiger partial charge in [0.2, 0.25) is 0 Å². The number of nitrogens with two attached hydrogens (primary N) is 1. The Bertz CT molecular complexity index is 563. The first kappa shape index (κ1) is 14.8. The van der Waals surface area contributed by atoms with Crippen molar-refractivity contribution in [3.05, 3.63) is 35.5 Å². The van der Waals surface area contributed by atoms with Crippen LogP contribution in [-0.2, 0) is 0 Å². The van der Waals surface area contributed by atoms with Crippen LogP contribution >= 0.6 is 0 Å². The first-order chi connectivity index (χ1) is 9.70. The molecule has 0 fully saturated rings. The Balaban J connectivity index is 2.03. The fraction of sp³-hybridized carbons (Fsp3) is 0.471. The fourth-order valence-electron chi connectivity index (χ4n) is 2.46. The molecule has 1 aromatic heterocycles. The fourth-order valence-corrected chi connectivity index (χ4v) is 2.46. The van der Waals surface area contributed by atoms with E-state index in [2.05, 4.69) is 41.5 Å². The largest absolute Gasteiger partial charge is 0.384 e. The van der Waals surface area contributed by atoms with Gasteiger partial charge in [0.05, 0.1) is 5.52 Å². The van der Waals surface area contributed by atoms with E-state index in [-0.39, 0.29) is 0 Å². The van der Waals surface area contributed by atoms with Gasteiger partial charge in [-0.3, -0.25) is 4.98 Å². The second kappa shape index (κ2) is 7.25. The number of nitrogens with one attached hydrogen (secondary N) is 1. The molecule has 0 bridgehead atoms.